The summed E-state index contributed by atoms with van der Waals surface area (Å²) in [7, 11) is 0. The maximum absolute atomic E-state index is 12.8. The predicted molar refractivity (Wildman–Crippen MR) is 114 cm³/mol. The highest BCUT2D eigenvalue weighted by molar-refractivity contribution is 6.75. The fourth-order valence-corrected chi connectivity index (χ4v) is 3.84. The van der Waals surface area contributed by atoms with E-state index in [0.29, 0.717) is 18.3 Å². The van der Waals surface area contributed by atoms with E-state index < -0.39 is 9.76 Å². The van der Waals surface area contributed by atoms with Gasteiger partial charge in [-0.3, -0.25) is 4.79 Å². The van der Waals surface area contributed by atoms with Crippen molar-refractivity contribution in [1.82, 2.24) is 5.32 Å². The zero-order valence-electron chi connectivity index (χ0n) is 16.3. The van der Waals surface area contributed by atoms with Gasteiger partial charge >= 0.3 is 5.97 Å². The Labute approximate surface area is 182 Å². The first-order valence-electron chi connectivity index (χ1n) is 9.75. The molecule has 0 radical (unpaired) electrons. The van der Waals surface area contributed by atoms with Gasteiger partial charge in [0.15, 0.2) is 0 Å². The van der Waals surface area contributed by atoms with Gasteiger partial charge in [0.05, 0.1) is 6.04 Å². The molecule has 1 aromatic carbocycles. The molecule has 156 valence electrons. The fraction of sp³-hybridized carbons (Fsp3) is 0.619. The van der Waals surface area contributed by atoms with Crippen molar-refractivity contribution in [3.8, 4) is 0 Å². The second kappa shape index (κ2) is 10.7. The van der Waals surface area contributed by atoms with E-state index in [1.165, 1.54) is 0 Å². The molecular weight excluding hydrogens is 421 g/mol. The molecule has 0 aromatic heterocycles. The summed E-state index contributed by atoms with van der Waals surface area (Å²) in [5, 5.41) is 3.04. The summed E-state index contributed by atoms with van der Waals surface area (Å²) in [6, 6.07) is 9.32. The summed E-state index contributed by atoms with van der Waals surface area (Å²) >= 11 is 16.7. The standard InChI is InChI=1S/C21H28Cl3NO3/c1-14(2)16-8-10-17(11-9-16)19(26)25-18(12-15-6-4-3-5-7-15)13-28-20(27)21(22,23)24/h3-7,14,16-18H,8-13H2,1-2H3,(H,25,26)/t16-,17-,18-/m1/s1. The smallest absolute Gasteiger partial charge is 0.358 e. The van der Waals surface area contributed by atoms with E-state index in [0.717, 1.165) is 31.2 Å². The number of benzene rings is 1. The summed E-state index contributed by atoms with van der Waals surface area (Å²) in [6.07, 6.45) is 4.45. The van der Waals surface area contributed by atoms with Gasteiger partial charge < -0.3 is 10.1 Å². The molecule has 0 saturated heterocycles. The first-order valence-corrected chi connectivity index (χ1v) is 10.9. The van der Waals surface area contributed by atoms with E-state index in [9.17, 15) is 9.59 Å². The van der Waals surface area contributed by atoms with Crippen LogP contribution in [-0.4, -0.2) is 28.3 Å². The van der Waals surface area contributed by atoms with Crippen molar-refractivity contribution in [1.29, 1.82) is 0 Å². The van der Waals surface area contributed by atoms with Gasteiger partial charge in [0.1, 0.15) is 6.61 Å². The van der Waals surface area contributed by atoms with Crippen molar-refractivity contribution in [2.45, 2.75) is 55.8 Å². The van der Waals surface area contributed by atoms with Gasteiger partial charge in [-0.15, -0.1) is 0 Å². The zero-order valence-corrected chi connectivity index (χ0v) is 18.6. The molecule has 1 aliphatic carbocycles. The first kappa shape index (κ1) is 23.3. The topological polar surface area (TPSA) is 55.4 Å². The summed E-state index contributed by atoms with van der Waals surface area (Å²) in [6.45, 7) is 4.43. The normalized spacial score (nSPS) is 21.2. The molecule has 4 nitrogen and oxygen atoms in total. The Hall–Kier alpha value is -0.970. The summed E-state index contributed by atoms with van der Waals surface area (Å²) < 4.78 is 3.00. The lowest BCUT2D eigenvalue weighted by molar-refractivity contribution is -0.144. The van der Waals surface area contributed by atoms with Gasteiger partial charge in [0.25, 0.3) is 3.79 Å². The summed E-state index contributed by atoms with van der Waals surface area (Å²) in [5.74, 6) is 0.401. The van der Waals surface area contributed by atoms with Crippen molar-refractivity contribution in [3.05, 3.63) is 35.9 Å². The Balaban J connectivity index is 1.96. The molecule has 2 rings (SSSR count). The van der Waals surface area contributed by atoms with Crippen LogP contribution in [0.5, 0.6) is 0 Å². The largest absolute Gasteiger partial charge is 0.460 e. The van der Waals surface area contributed by atoms with Crippen LogP contribution in [0.15, 0.2) is 30.3 Å². The summed E-state index contributed by atoms with van der Waals surface area (Å²) in [4.78, 5) is 24.6. The number of rotatable bonds is 7. The maximum atomic E-state index is 12.8. The Morgan fingerprint density at radius 3 is 2.25 bits per heavy atom. The van der Waals surface area contributed by atoms with Gasteiger partial charge in [-0.1, -0.05) is 79.0 Å². The molecule has 7 heteroatoms. The lowest BCUT2D eigenvalue weighted by Gasteiger charge is -2.31. The molecule has 1 N–H and O–H groups in total. The number of alkyl halides is 3. The predicted octanol–water partition coefficient (Wildman–Crippen LogP) is 5.09. The van der Waals surface area contributed by atoms with Crippen molar-refractivity contribution < 1.29 is 14.3 Å². The van der Waals surface area contributed by atoms with Crippen molar-refractivity contribution in [3.63, 3.8) is 0 Å². The van der Waals surface area contributed by atoms with Crippen molar-refractivity contribution >= 4 is 46.7 Å². The van der Waals surface area contributed by atoms with Crippen molar-refractivity contribution in [2.75, 3.05) is 6.61 Å². The average molecular weight is 449 g/mol. The molecule has 28 heavy (non-hydrogen) atoms. The molecule has 0 heterocycles. The minimum Gasteiger partial charge on any atom is -0.460 e. The summed E-state index contributed by atoms with van der Waals surface area (Å²) in [5.41, 5.74) is 1.03. The molecule has 1 aliphatic rings. The van der Waals surface area contributed by atoms with Gasteiger partial charge in [0, 0.05) is 5.92 Å². The number of amides is 1. The van der Waals surface area contributed by atoms with Crippen LogP contribution in [0.2, 0.25) is 0 Å². The Morgan fingerprint density at radius 2 is 1.71 bits per heavy atom. The lowest BCUT2D eigenvalue weighted by Crippen LogP contribution is -2.44. The van der Waals surface area contributed by atoms with E-state index in [4.69, 9.17) is 39.5 Å². The molecule has 0 bridgehead atoms. The van der Waals surface area contributed by atoms with Crippen molar-refractivity contribution in [2.24, 2.45) is 17.8 Å². The monoisotopic (exact) mass is 447 g/mol. The van der Waals surface area contributed by atoms with Crippen LogP contribution in [-0.2, 0) is 20.7 Å². The van der Waals surface area contributed by atoms with Crippen LogP contribution >= 0.6 is 34.8 Å². The third-order valence-electron chi connectivity index (χ3n) is 5.40. The number of ether oxygens (including phenoxy) is 1. The highest BCUT2D eigenvalue weighted by Gasteiger charge is 2.34. The third kappa shape index (κ3) is 7.46. The molecule has 1 fully saturated rings. The van der Waals surface area contributed by atoms with E-state index in [1.807, 2.05) is 30.3 Å². The van der Waals surface area contributed by atoms with E-state index in [-0.39, 0.29) is 24.5 Å². The van der Waals surface area contributed by atoms with Gasteiger partial charge in [-0.25, -0.2) is 4.79 Å². The van der Waals surface area contributed by atoms with Gasteiger partial charge in [0.2, 0.25) is 5.91 Å². The third-order valence-corrected chi connectivity index (χ3v) is 5.87. The van der Waals surface area contributed by atoms with Crippen LogP contribution in [0.3, 0.4) is 0 Å². The molecule has 1 aromatic rings. The van der Waals surface area contributed by atoms with Gasteiger partial charge in [-0.05, 0) is 49.5 Å². The Bertz CT molecular complexity index is 638. The van der Waals surface area contributed by atoms with Gasteiger partial charge in [-0.2, -0.15) is 0 Å². The van der Waals surface area contributed by atoms with E-state index in [1.54, 1.807) is 0 Å². The maximum Gasteiger partial charge on any atom is 0.358 e. The number of hydrogen-bond acceptors (Lipinski definition) is 3. The fourth-order valence-electron chi connectivity index (χ4n) is 3.68. The highest BCUT2D eigenvalue weighted by atomic mass is 35.6. The Morgan fingerprint density at radius 1 is 1.11 bits per heavy atom. The van der Waals surface area contributed by atoms with Crippen LogP contribution in [0, 0.1) is 17.8 Å². The molecule has 1 amide bonds. The van der Waals surface area contributed by atoms with E-state index in [2.05, 4.69) is 19.2 Å². The molecular formula is C21H28Cl3NO3. The molecule has 1 atom stereocenters. The zero-order chi connectivity index (χ0) is 20.7. The second-order valence-corrected chi connectivity index (χ2v) is 10.1. The lowest BCUT2D eigenvalue weighted by atomic mass is 9.76. The molecule has 1 saturated carbocycles. The molecule has 0 aliphatic heterocycles. The molecule has 0 spiro atoms. The average Bonchev–Trinajstić information content (AvgIpc) is 2.65. The van der Waals surface area contributed by atoms with Crippen LogP contribution in [0.1, 0.15) is 45.1 Å². The number of nitrogens with one attached hydrogen (secondary N) is 1. The number of hydrogen-bond donors (Lipinski definition) is 1. The van der Waals surface area contributed by atoms with Crippen LogP contribution in [0.25, 0.3) is 0 Å². The number of esters is 1. The first-order chi connectivity index (χ1) is 13.2. The minimum absolute atomic E-state index is 0.00264. The quantitative estimate of drug-likeness (QED) is 0.467. The van der Waals surface area contributed by atoms with Crippen LogP contribution in [0.4, 0.5) is 0 Å². The number of carbonyl (C=O) groups excluding carboxylic acids is 2. The van der Waals surface area contributed by atoms with Crippen LogP contribution < -0.4 is 5.32 Å². The SMILES string of the molecule is CC(C)[C@H]1CC[C@H](C(=O)N[C@@H](COC(=O)C(Cl)(Cl)Cl)Cc2ccccc2)CC1. The highest BCUT2D eigenvalue weighted by Crippen LogP contribution is 2.33. The minimum atomic E-state index is -2.13. The van der Waals surface area contributed by atoms with E-state index >= 15 is 0 Å². The second-order valence-electron chi connectivity index (χ2n) is 7.85. The number of halogens is 3. The molecule has 0 unspecified atom stereocenters. The Kier molecular flexibility index (Phi) is 8.91. The number of carbonyl (C=O) groups is 2.